The molecule has 8 nitrogen and oxygen atoms in total. The van der Waals surface area contributed by atoms with Crippen molar-refractivity contribution in [3.63, 3.8) is 0 Å². The van der Waals surface area contributed by atoms with Crippen molar-refractivity contribution in [2.24, 2.45) is 0 Å². The molecule has 1 atom stereocenters. The molecule has 1 N–H and O–H groups in total. The van der Waals surface area contributed by atoms with Crippen LogP contribution in [0.4, 0.5) is 0 Å². The zero-order chi connectivity index (χ0) is 22.4. The summed E-state index contributed by atoms with van der Waals surface area (Å²) in [5.41, 5.74) is 1.65. The second-order valence-electron chi connectivity index (χ2n) is 8.27. The minimum absolute atomic E-state index is 0.178. The number of rotatable bonds is 7. The van der Waals surface area contributed by atoms with E-state index in [2.05, 4.69) is 16.0 Å². The lowest BCUT2D eigenvalue weighted by Gasteiger charge is -2.21. The van der Waals surface area contributed by atoms with Gasteiger partial charge in [-0.3, -0.25) is 4.79 Å². The van der Waals surface area contributed by atoms with E-state index in [1.54, 1.807) is 0 Å². The first-order valence-electron chi connectivity index (χ1n) is 10.7. The summed E-state index contributed by atoms with van der Waals surface area (Å²) in [6.45, 7) is 4.90. The van der Waals surface area contributed by atoms with Gasteiger partial charge in [0, 0.05) is 24.5 Å². The summed E-state index contributed by atoms with van der Waals surface area (Å²) in [5, 5.41) is 21.4. The molecule has 1 aromatic rings. The molecule has 1 saturated heterocycles. The maximum atomic E-state index is 12.4. The van der Waals surface area contributed by atoms with Crippen LogP contribution >= 0.6 is 0 Å². The smallest absolute Gasteiger partial charge is 0.349 e. The molecule has 1 saturated carbocycles. The van der Waals surface area contributed by atoms with Gasteiger partial charge in [0.25, 0.3) is 5.91 Å². The van der Waals surface area contributed by atoms with Gasteiger partial charge in [-0.2, -0.15) is 10.5 Å². The zero-order valence-electron chi connectivity index (χ0n) is 18.1. The lowest BCUT2D eigenvalue weighted by atomic mass is 10.00. The summed E-state index contributed by atoms with van der Waals surface area (Å²) >= 11 is 0. The second kappa shape index (κ2) is 9.80. The summed E-state index contributed by atoms with van der Waals surface area (Å²) in [7, 11) is 0. The summed E-state index contributed by atoms with van der Waals surface area (Å²) in [6, 6.07) is 5.93. The number of carbonyl (C=O) groups excluding carboxylic acids is 2. The highest BCUT2D eigenvalue weighted by Crippen LogP contribution is 2.28. The average Bonchev–Trinajstić information content (AvgIpc) is 3.49. The monoisotopic (exact) mass is 424 g/mol. The summed E-state index contributed by atoms with van der Waals surface area (Å²) in [6.07, 6.45) is 6.68. The van der Waals surface area contributed by atoms with Crippen LogP contribution in [-0.2, 0) is 25.6 Å². The van der Waals surface area contributed by atoms with Gasteiger partial charge in [0.15, 0.2) is 6.61 Å². The van der Waals surface area contributed by atoms with Crippen molar-refractivity contribution in [3.05, 3.63) is 28.6 Å². The Kier molecular flexibility index (Phi) is 7.14. The third kappa shape index (κ3) is 5.34. The zero-order valence-corrected chi connectivity index (χ0v) is 18.1. The van der Waals surface area contributed by atoms with Crippen molar-refractivity contribution >= 4 is 18.0 Å². The SMILES string of the molecule is Cc1cc(/C=C(\C#N)C(=O)OCC(=O)NC2(C#N)CCCC2)c(C)n1C[C@H]1CCCO1. The third-order valence-corrected chi connectivity index (χ3v) is 6.05. The number of aromatic nitrogens is 1. The first-order chi connectivity index (χ1) is 14.9. The van der Waals surface area contributed by atoms with Crippen molar-refractivity contribution in [2.75, 3.05) is 13.2 Å². The Morgan fingerprint density at radius 2 is 2.06 bits per heavy atom. The normalized spacial score (nSPS) is 20.1. The fourth-order valence-electron chi connectivity index (χ4n) is 4.29. The standard InChI is InChI=1S/C23H28N4O4/c1-16-10-18(17(2)27(16)13-20-6-5-9-30-20)11-19(12-24)22(29)31-14-21(28)26-23(15-25)7-3-4-8-23/h10-11,20H,3-9,13-14H2,1-2H3,(H,26,28)/b19-11+/t20-/m1/s1. The molecule has 1 amide bonds. The number of nitrogens with zero attached hydrogens (tertiary/aromatic N) is 3. The summed E-state index contributed by atoms with van der Waals surface area (Å²) < 4.78 is 12.9. The number of nitriles is 2. The Hall–Kier alpha value is -3.10. The molecule has 2 heterocycles. The van der Waals surface area contributed by atoms with Crippen molar-refractivity contribution < 1.29 is 19.1 Å². The van der Waals surface area contributed by atoms with Crippen LogP contribution in [0.1, 0.15) is 55.5 Å². The van der Waals surface area contributed by atoms with Crippen LogP contribution in [0, 0.1) is 36.5 Å². The molecule has 164 valence electrons. The Morgan fingerprint density at radius 3 is 2.68 bits per heavy atom. The predicted octanol–water partition coefficient (Wildman–Crippen LogP) is 2.69. The van der Waals surface area contributed by atoms with Crippen LogP contribution < -0.4 is 5.32 Å². The van der Waals surface area contributed by atoms with Crippen molar-refractivity contribution in [3.8, 4) is 12.1 Å². The lowest BCUT2D eigenvalue weighted by Crippen LogP contribution is -2.46. The summed E-state index contributed by atoms with van der Waals surface area (Å²) in [4.78, 5) is 24.5. The minimum atomic E-state index is -0.877. The maximum Gasteiger partial charge on any atom is 0.349 e. The topological polar surface area (TPSA) is 117 Å². The van der Waals surface area contributed by atoms with Gasteiger partial charge in [-0.15, -0.1) is 0 Å². The van der Waals surface area contributed by atoms with E-state index in [-0.39, 0.29) is 11.7 Å². The highest BCUT2D eigenvalue weighted by Gasteiger charge is 2.35. The van der Waals surface area contributed by atoms with Crippen LogP contribution in [0.2, 0.25) is 0 Å². The second-order valence-corrected chi connectivity index (χ2v) is 8.27. The van der Waals surface area contributed by atoms with E-state index in [0.717, 1.165) is 55.8 Å². The highest BCUT2D eigenvalue weighted by molar-refractivity contribution is 5.99. The summed E-state index contributed by atoms with van der Waals surface area (Å²) in [5.74, 6) is -1.40. The molecule has 8 heteroatoms. The molecule has 1 aromatic heterocycles. The van der Waals surface area contributed by atoms with E-state index >= 15 is 0 Å². The largest absolute Gasteiger partial charge is 0.451 e. The van der Waals surface area contributed by atoms with E-state index in [0.29, 0.717) is 12.8 Å². The third-order valence-electron chi connectivity index (χ3n) is 6.05. The van der Waals surface area contributed by atoms with Gasteiger partial charge >= 0.3 is 5.97 Å². The Bertz CT molecular complexity index is 951. The lowest BCUT2D eigenvalue weighted by molar-refractivity contribution is -0.144. The molecule has 0 bridgehead atoms. The Morgan fingerprint density at radius 1 is 1.32 bits per heavy atom. The number of aryl methyl sites for hydroxylation is 1. The molecular weight excluding hydrogens is 396 g/mol. The fourth-order valence-corrected chi connectivity index (χ4v) is 4.29. The van der Waals surface area contributed by atoms with Crippen molar-refractivity contribution in [1.29, 1.82) is 10.5 Å². The number of ether oxygens (including phenoxy) is 2. The Labute approximate surface area is 182 Å². The molecule has 31 heavy (non-hydrogen) atoms. The molecule has 3 rings (SSSR count). The van der Waals surface area contributed by atoms with Gasteiger partial charge in [0.2, 0.25) is 0 Å². The number of hydrogen-bond acceptors (Lipinski definition) is 6. The Balaban J connectivity index is 1.63. The van der Waals surface area contributed by atoms with Gasteiger partial charge < -0.3 is 19.4 Å². The van der Waals surface area contributed by atoms with Crippen LogP contribution in [0.3, 0.4) is 0 Å². The first-order valence-corrected chi connectivity index (χ1v) is 10.7. The van der Waals surface area contributed by atoms with E-state index in [9.17, 15) is 20.1 Å². The molecule has 2 fully saturated rings. The molecule has 0 aromatic carbocycles. The first kappa shape index (κ1) is 22.6. The van der Waals surface area contributed by atoms with Gasteiger partial charge in [-0.25, -0.2) is 4.79 Å². The molecule has 0 radical (unpaired) electrons. The molecule has 1 aliphatic carbocycles. The molecule has 2 aliphatic rings. The van der Waals surface area contributed by atoms with Crippen molar-refractivity contribution in [1.82, 2.24) is 9.88 Å². The molecule has 0 unspecified atom stereocenters. The minimum Gasteiger partial charge on any atom is -0.451 e. The molecule has 0 spiro atoms. The number of esters is 1. The van der Waals surface area contributed by atoms with Crippen LogP contribution in [-0.4, -0.2) is 41.3 Å². The highest BCUT2D eigenvalue weighted by atomic mass is 16.5. The van der Waals surface area contributed by atoms with Gasteiger partial charge in [0.05, 0.1) is 12.2 Å². The number of nitrogens with one attached hydrogen (secondary N) is 1. The number of carbonyl (C=O) groups is 2. The number of hydrogen-bond donors (Lipinski definition) is 1. The quantitative estimate of drug-likeness (QED) is 0.409. The van der Waals surface area contributed by atoms with Gasteiger partial charge in [-0.05, 0) is 70.1 Å². The fraction of sp³-hybridized carbons (Fsp3) is 0.565. The van der Waals surface area contributed by atoms with Crippen LogP contribution in [0.25, 0.3) is 6.08 Å². The predicted molar refractivity (Wildman–Crippen MR) is 112 cm³/mol. The van der Waals surface area contributed by atoms with Crippen molar-refractivity contribution in [2.45, 2.75) is 70.6 Å². The van der Waals surface area contributed by atoms with Crippen LogP contribution in [0.15, 0.2) is 11.6 Å². The average molecular weight is 425 g/mol. The number of amides is 1. The van der Waals surface area contributed by atoms with E-state index < -0.39 is 24.0 Å². The van der Waals surface area contributed by atoms with E-state index in [1.807, 2.05) is 26.0 Å². The molecular formula is C23H28N4O4. The maximum absolute atomic E-state index is 12.4. The van der Waals surface area contributed by atoms with Gasteiger partial charge in [-0.1, -0.05) is 0 Å². The van der Waals surface area contributed by atoms with Crippen LogP contribution in [0.5, 0.6) is 0 Å². The van der Waals surface area contributed by atoms with E-state index in [1.165, 1.54) is 6.08 Å². The van der Waals surface area contributed by atoms with E-state index in [4.69, 9.17) is 9.47 Å². The van der Waals surface area contributed by atoms with Gasteiger partial charge in [0.1, 0.15) is 17.2 Å². The molecule has 1 aliphatic heterocycles.